The predicted molar refractivity (Wildman–Crippen MR) is 79.6 cm³/mol. The first kappa shape index (κ1) is 15.2. The van der Waals surface area contributed by atoms with Crippen molar-refractivity contribution in [1.82, 2.24) is 0 Å². The number of carbonyl (C=O) groups is 1. The molecule has 1 aromatic carbocycles. The van der Waals surface area contributed by atoms with Gasteiger partial charge in [0.1, 0.15) is 11.5 Å². The standard InChI is InChI=1S/C15H19BrO4/c1-3-20-13-8-14(19-2)12(16)6-11(13)10(7-15(17)18)9-4-5-9/h6,8-10H,3-5,7H2,1-2H3,(H,17,18). The average molecular weight is 343 g/mol. The molecule has 0 heterocycles. The van der Waals surface area contributed by atoms with Crippen molar-refractivity contribution in [2.45, 2.75) is 32.1 Å². The second kappa shape index (κ2) is 6.48. The van der Waals surface area contributed by atoms with E-state index in [2.05, 4.69) is 15.9 Å². The van der Waals surface area contributed by atoms with Gasteiger partial charge in [0.25, 0.3) is 0 Å². The Bertz CT molecular complexity index is 497. The van der Waals surface area contributed by atoms with Crippen molar-refractivity contribution < 1.29 is 19.4 Å². The summed E-state index contributed by atoms with van der Waals surface area (Å²) >= 11 is 3.47. The van der Waals surface area contributed by atoms with E-state index in [9.17, 15) is 4.79 Å². The molecule has 110 valence electrons. The highest BCUT2D eigenvalue weighted by Crippen LogP contribution is 2.48. The zero-order valence-corrected chi connectivity index (χ0v) is 13.3. The topological polar surface area (TPSA) is 55.8 Å². The normalized spacial score (nSPS) is 15.8. The third-order valence-electron chi connectivity index (χ3n) is 3.57. The largest absolute Gasteiger partial charge is 0.495 e. The second-order valence-electron chi connectivity index (χ2n) is 5.00. The lowest BCUT2D eigenvalue weighted by atomic mass is 9.90. The van der Waals surface area contributed by atoms with Gasteiger partial charge in [0.15, 0.2) is 0 Å². The maximum Gasteiger partial charge on any atom is 0.303 e. The van der Waals surface area contributed by atoms with Crippen LogP contribution in [0.25, 0.3) is 0 Å². The number of carboxylic acids is 1. The van der Waals surface area contributed by atoms with Gasteiger partial charge in [-0.1, -0.05) is 0 Å². The minimum absolute atomic E-state index is 0.0104. The first-order valence-electron chi connectivity index (χ1n) is 6.78. The molecule has 0 saturated heterocycles. The summed E-state index contributed by atoms with van der Waals surface area (Å²) < 4.78 is 11.8. The van der Waals surface area contributed by atoms with Gasteiger partial charge < -0.3 is 14.6 Å². The van der Waals surface area contributed by atoms with E-state index in [0.717, 1.165) is 28.6 Å². The Morgan fingerprint density at radius 1 is 1.45 bits per heavy atom. The van der Waals surface area contributed by atoms with E-state index in [1.165, 1.54) is 0 Å². The molecule has 1 aromatic rings. The fourth-order valence-electron chi connectivity index (χ4n) is 2.49. The summed E-state index contributed by atoms with van der Waals surface area (Å²) in [6.07, 6.45) is 2.32. The molecule has 0 aliphatic heterocycles. The van der Waals surface area contributed by atoms with Crippen molar-refractivity contribution in [2.75, 3.05) is 13.7 Å². The smallest absolute Gasteiger partial charge is 0.303 e. The lowest BCUT2D eigenvalue weighted by Gasteiger charge is -2.20. The molecule has 2 rings (SSSR count). The highest BCUT2D eigenvalue weighted by Gasteiger charge is 2.35. The number of halogens is 1. The van der Waals surface area contributed by atoms with Gasteiger partial charge >= 0.3 is 5.97 Å². The molecule has 4 nitrogen and oxygen atoms in total. The Morgan fingerprint density at radius 2 is 2.15 bits per heavy atom. The number of ether oxygens (including phenoxy) is 2. The molecule has 1 fully saturated rings. The van der Waals surface area contributed by atoms with Crippen LogP contribution in [-0.4, -0.2) is 24.8 Å². The summed E-state index contributed by atoms with van der Waals surface area (Å²) in [6, 6.07) is 3.77. The van der Waals surface area contributed by atoms with E-state index in [1.54, 1.807) is 7.11 Å². The number of aliphatic carboxylic acids is 1. The van der Waals surface area contributed by atoms with E-state index in [0.29, 0.717) is 18.3 Å². The van der Waals surface area contributed by atoms with Crippen molar-refractivity contribution in [1.29, 1.82) is 0 Å². The third kappa shape index (κ3) is 3.45. The first-order valence-corrected chi connectivity index (χ1v) is 7.58. The quantitative estimate of drug-likeness (QED) is 0.818. The minimum Gasteiger partial charge on any atom is -0.495 e. The van der Waals surface area contributed by atoms with E-state index in [1.807, 2.05) is 19.1 Å². The summed E-state index contributed by atoms with van der Waals surface area (Å²) in [6.45, 7) is 2.46. The van der Waals surface area contributed by atoms with Crippen LogP contribution < -0.4 is 9.47 Å². The number of rotatable bonds is 7. The van der Waals surface area contributed by atoms with Crippen molar-refractivity contribution in [3.8, 4) is 11.5 Å². The lowest BCUT2D eigenvalue weighted by molar-refractivity contribution is -0.137. The van der Waals surface area contributed by atoms with Crippen LogP contribution in [-0.2, 0) is 4.79 Å². The Balaban J connectivity index is 2.40. The van der Waals surface area contributed by atoms with E-state index >= 15 is 0 Å². The highest BCUT2D eigenvalue weighted by molar-refractivity contribution is 9.10. The van der Waals surface area contributed by atoms with Crippen LogP contribution >= 0.6 is 15.9 Å². The summed E-state index contributed by atoms with van der Waals surface area (Å²) in [4.78, 5) is 11.1. The zero-order valence-electron chi connectivity index (χ0n) is 11.7. The summed E-state index contributed by atoms with van der Waals surface area (Å²) in [5.74, 6) is 1.12. The van der Waals surface area contributed by atoms with Gasteiger partial charge in [-0.15, -0.1) is 0 Å². The van der Waals surface area contributed by atoms with Crippen molar-refractivity contribution in [3.05, 3.63) is 22.2 Å². The van der Waals surface area contributed by atoms with Gasteiger partial charge in [0.2, 0.25) is 0 Å². The molecule has 1 aliphatic rings. The van der Waals surface area contributed by atoms with Gasteiger partial charge in [0.05, 0.1) is 24.6 Å². The summed E-state index contributed by atoms with van der Waals surface area (Å²) in [7, 11) is 1.60. The van der Waals surface area contributed by atoms with Crippen LogP contribution in [0.1, 0.15) is 37.7 Å². The van der Waals surface area contributed by atoms with Crippen LogP contribution in [0, 0.1) is 5.92 Å². The van der Waals surface area contributed by atoms with Crippen LogP contribution in [0.3, 0.4) is 0 Å². The molecule has 1 atom stereocenters. The van der Waals surface area contributed by atoms with Crippen LogP contribution in [0.15, 0.2) is 16.6 Å². The molecule has 20 heavy (non-hydrogen) atoms. The SMILES string of the molecule is CCOc1cc(OC)c(Br)cc1C(CC(=O)O)C1CC1. The lowest BCUT2D eigenvalue weighted by Crippen LogP contribution is -2.10. The Hall–Kier alpha value is -1.23. The number of hydrogen-bond acceptors (Lipinski definition) is 3. The summed E-state index contributed by atoms with van der Waals surface area (Å²) in [5, 5.41) is 9.14. The number of carboxylic acid groups (broad SMARTS) is 1. The number of hydrogen-bond donors (Lipinski definition) is 1. The molecule has 1 N–H and O–H groups in total. The fraction of sp³-hybridized carbons (Fsp3) is 0.533. The van der Waals surface area contributed by atoms with Gasteiger partial charge in [-0.05, 0) is 53.2 Å². The Kier molecular flexibility index (Phi) is 4.91. The van der Waals surface area contributed by atoms with Gasteiger partial charge in [-0.2, -0.15) is 0 Å². The Labute approximate surface area is 127 Å². The van der Waals surface area contributed by atoms with Crippen molar-refractivity contribution in [2.24, 2.45) is 5.92 Å². The zero-order chi connectivity index (χ0) is 14.7. The van der Waals surface area contributed by atoms with Gasteiger partial charge in [-0.25, -0.2) is 0 Å². The maximum atomic E-state index is 11.1. The maximum absolute atomic E-state index is 11.1. The van der Waals surface area contributed by atoms with Crippen LogP contribution in [0.4, 0.5) is 0 Å². The molecule has 1 saturated carbocycles. The predicted octanol–water partition coefficient (Wildman–Crippen LogP) is 3.82. The number of methoxy groups -OCH3 is 1. The van der Waals surface area contributed by atoms with E-state index < -0.39 is 5.97 Å². The number of benzene rings is 1. The van der Waals surface area contributed by atoms with Crippen LogP contribution in [0.2, 0.25) is 0 Å². The molecule has 1 unspecified atom stereocenters. The molecule has 0 aromatic heterocycles. The van der Waals surface area contributed by atoms with Crippen molar-refractivity contribution >= 4 is 21.9 Å². The fourth-order valence-corrected chi connectivity index (χ4v) is 3.02. The summed E-state index contributed by atoms with van der Waals surface area (Å²) in [5.41, 5.74) is 0.962. The molecule has 0 bridgehead atoms. The van der Waals surface area contributed by atoms with Crippen molar-refractivity contribution in [3.63, 3.8) is 0 Å². The average Bonchev–Trinajstić information content (AvgIpc) is 3.22. The first-order chi connectivity index (χ1) is 9.56. The molecule has 5 heteroatoms. The molecule has 0 spiro atoms. The monoisotopic (exact) mass is 342 g/mol. The molecular weight excluding hydrogens is 324 g/mol. The van der Waals surface area contributed by atoms with E-state index in [4.69, 9.17) is 14.6 Å². The third-order valence-corrected chi connectivity index (χ3v) is 4.19. The minimum atomic E-state index is -0.767. The van der Waals surface area contributed by atoms with E-state index in [-0.39, 0.29) is 12.3 Å². The second-order valence-corrected chi connectivity index (χ2v) is 5.85. The highest BCUT2D eigenvalue weighted by atomic mass is 79.9. The van der Waals surface area contributed by atoms with Gasteiger partial charge in [0, 0.05) is 12.0 Å². The molecule has 0 radical (unpaired) electrons. The van der Waals surface area contributed by atoms with Crippen LogP contribution in [0.5, 0.6) is 11.5 Å². The molecular formula is C15H19BrO4. The Morgan fingerprint density at radius 3 is 2.65 bits per heavy atom. The molecule has 1 aliphatic carbocycles. The van der Waals surface area contributed by atoms with Gasteiger partial charge in [-0.3, -0.25) is 4.79 Å². The molecule has 0 amide bonds.